The first kappa shape index (κ1) is 22.7. The SMILES string of the molecule is C=C(C)C(=O)OCC(O)COC([SiH3])(O[Si](C)(C)C)O[Si](C)(C)C. The molecule has 0 aromatic carbocycles. The molecule has 0 saturated carbocycles. The van der Waals surface area contributed by atoms with Crippen LogP contribution in [0.15, 0.2) is 12.2 Å². The number of aliphatic hydroxyl groups is 1. The molecule has 0 radical (unpaired) electrons. The Morgan fingerprint density at radius 2 is 1.57 bits per heavy atom. The van der Waals surface area contributed by atoms with E-state index >= 15 is 0 Å². The maximum Gasteiger partial charge on any atom is 0.333 e. The largest absolute Gasteiger partial charge is 0.460 e. The van der Waals surface area contributed by atoms with Gasteiger partial charge in [0.05, 0.1) is 6.61 Å². The molecule has 0 aromatic heterocycles. The van der Waals surface area contributed by atoms with Gasteiger partial charge >= 0.3 is 5.97 Å². The van der Waals surface area contributed by atoms with Gasteiger partial charge in [0.15, 0.2) is 16.6 Å². The number of esters is 1. The molecule has 0 heterocycles. The number of rotatable bonds is 10. The van der Waals surface area contributed by atoms with Crippen LogP contribution in [0, 0.1) is 0 Å². The van der Waals surface area contributed by atoms with E-state index in [9.17, 15) is 9.90 Å². The first-order valence-corrected chi connectivity index (χ1v) is 15.5. The lowest BCUT2D eigenvalue weighted by Crippen LogP contribution is -2.53. The van der Waals surface area contributed by atoms with Crippen molar-refractivity contribution in [3.63, 3.8) is 0 Å². The van der Waals surface area contributed by atoms with E-state index in [1.165, 1.54) is 0 Å². The van der Waals surface area contributed by atoms with Crippen molar-refractivity contribution in [2.45, 2.75) is 57.9 Å². The number of hydrogen-bond acceptors (Lipinski definition) is 6. The van der Waals surface area contributed by atoms with E-state index < -0.39 is 34.3 Å². The highest BCUT2D eigenvalue weighted by atomic mass is 28.4. The van der Waals surface area contributed by atoms with Gasteiger partial charge in [-0.05, 0) is 46.2 Å². The maximum atomic E-state index is 11.3. The lowest BCUT2D eigenvalue weighted by atomic mass is 10.3. The van der Waals surface area contributed by atoms with E-state index in [0.29, 0.717) is 15.8 Å². The zero-order valence-corrected chi connectivity index (χ0v) is 19.7. The van der Waals surface area contributed by atoms with Crippen LogP contribution in [0.4, 0.5) is 0 Å². The zero-order valence-electron chi connectivity index (χ0n) is 15.7. The standard InChI is InChI=1S/C14H32O6Si3/c1-11(2)13(16)17-9-12(15)10-18-14(21,19-22(3,4)5)20-23(6,7)8/h12,15H,1,9-10H2,2-8,21H3. The fourth-order valence-electron chi connectivity index (χ4n) is 1.78. The average Bonchev–Trinajstić information content (AvgIpc) is 2.28. The maximum absolute atomic E-state index is 11.3. The number of carbonyl (C=O) groups excluding carboxylic acids is 1. The number of aliphatic hydroxyl groups excluding tert-OH is 1. The van der Waals surface area contributed by atoms with E-state index in [1.807, 2.05) is 0 Å². The molecule has 0 rings (SSSR count). The fourth-order valence-corrected chi connectivity index (χ4v) is 8.13. The molecule has 0 aliphatic carbocycles. The van der Waals surface area contributed by atoms with Crippen LogP contribution in [0.3, 0.4) is 0 Å². The van der Waals surface area contributed by atoms with Crippen molar-refractivity contribution in [1.82, 2.24) is 0 Å². The molecule has 6 nitrogen and oxygen atoms in total. The summed E-state index contributed by atoms with van der Waals surface area (Å²) in [5.74, 6) is -0.530. The van der Waals surface area contributed by atoms with Crippen molar-refractivity contribution >= 4 is 32.8 Å². The highest BCUT2D eigenvalue weighted by Crippen LogP contribution is 2.23. The summed E-state index contributed by atoms with van der Waals surface area (Å²) in [6, 6.07) is 0. The van der Waals surface area contributed by atoms with E-state index in [4.69, 9.17) is 18.3 Å². The Morgan fingerprint density at radius 1 is 1.13 bits per heavy atom. The van der Waals surface area contributed by atoms with Crippen molar-refractivity contribution in [3.8, 4) is 0 Å². The van der Waals surface area contributed by atoms with Crippen molar-refractivity contribution in [1.29, 1.82) is 0 Å². The molecular weight excluding hydrogens is 348 g/mol. The van der Waals surface area contributed by atoms with Crippen LogP contribution in [0.25, 0.3) is 0 Å². The summed E-state index contributed by atoms with van der Waals surface area (Å²) in [6.07, 6.45) is -0.943. The predicted molar refractivity (Wildman–Crippen MR) is 99.3 cm³/mol. The van der Waals surface area contributed by atoms with Gasteiger partial charge in [-0.2, -0.15) is 0 Å². The summed E-state index contributed by atoms with van der Waals surface area (Å²) in [5.41, 5.74) is -0.784. The van der Waals surface area contributed by atoms with Crippen molar-refractivity contribution in [2.75, 3.05) is 13.2 Å². The molecule has 0 bridgehead atoms. The van der Waals surface area contributed by atoms with Crippen LogP contribution >= 0.6 is 0 Å². The molecule has 0 spiro atoms. The summed E-state index contributed by atoms with van der Waals surface area (Å²) < 4.78 is 22.8. The minimum absolute atomic E-state index is 0.0259. The lowest BCUT2D eigenvalue weighted by molar-refractivity contribution is -0.259. The second kappa shape index (κ2) is 8.70. The summed E-state index contributed by atoms with van der Waals surface area (Å²) >= 11 is 0. The van der Waals surface area contributed by atoms with Crippen molar-refractivity contribution in [3.05, 3.63) is 12.2 Å². The summed E-state index contributed by atoms with van der Waals surface area (Å²) in [6.45, 7) is 17.2. The van der Waals surface area contributed by atoms with Gasteiger partial charge in [-0.3, -0.25) is 0 Å². The molecule has 0 fully saturated rings. The number of hydrogen-bond donors (Lipinski definition) is 1. The first-order valence-electron chi connectivity index (χ1n) is 7.68. The van der Waals surface area contributed by atoms with Gasteiger partial charge in [-0.15, -0.1) is 0 Å². The molecule has 136 valence electrons. The zero-order chi connectivity index (χ0) is 18.5. The lowest BCUT2D eigenvalue weighted by Gasteiger charge is -2.40. The molecule has 9 heteroatoms. The molecule has 0 amide bonds. The van der Waals surface area contributed by atoms with Crippen LogP contribution in [0.2, 0.25) is 39.3 Å². The summed E-state index contributed by atoms with van der Waals surface area (Å²) in [7, 11) is -3.27. The van der Waals surface area contributed by atoms with Crippen molar-refractivity contribution < 1.29 is 28.2 Å². The number of carbonyl (C=O) groups is 1. The van der Waals surface area contributed by atoms with Gasteiger partial charge in [0.1, 0.15) is 23.0 Å². The van der Waals surface area contributed by atoms with Crippen LogP contribution in [-0.4, -0.2) is 62.9 Å². The van der Waals surface area contributed by atoms with Crippen LogP contribution < -0.4 is 0 Å². The van der Waals surface area contributed by atoms with Gasteiger partial charge in [-0.1, -0.05) is 6.58 Å². The van der Waals surface area contributed by atoms with E-state index in [-0.39, 0.29) is 13.2 Å². The van der Waals surface area contributed by atoms with E-state index in [1.54, 1.807) is 6.92 Å². The summed E-state index contributed by atoms with van der Waals surface area (Å²) in [5, 5.41) is 9.93. The normalized spacial score (nSPS) is 14.6. The Bertz CT molecular complexity index is 398. The third-order valence-corrected chi connectivity index (χ3v) is 5.76. The molecule has 23 heavy (non-hydrogen) atoms. The molecule has 0 aliphatic rings. The average molecular weight is 381 g/mol. The Hall–Kier alpha value is -0.299. The third-order valence-electron chi connectivity index (χ3n) is 2.28. The third kappa shape index (κ3) is 11.8. The highest BCUT2D eigenvalue weighted by molar-refractivity contribution is 6.71. The van der Waals surface area contributed by atoms with Crippen LogP contribution in [0.5, 0.6) is 0 Å². The van der Waals surface area contributed by atoms with Gasteiger partial charge in [0.2, 0.25) is 5.60 Å². The predicted octanol–water partition coefficient (Wildman–Crippen LogP) is 1.16. The Morgan fingerprint density at radius 3 is 1.91 bits per heavy atom. The van der Waals surface area contributed by atoms with E-state index in [2.05, 4.69) is 45.9 Å². The fraction of sp³-hybridized carbons (Fsp3) is 0.786. The van der Waals surface area contributed by atoms with Gasteiger partial charge < -0.3 is 23.4 Å². The molecular formula is C14H32O6Si3. The van der Waals surface area contributed by atoms with Crippen LogP contribution in [-0.2, 0) is 23.1 Å². The summed E-state index contributed by atoms with van der Waals surface area (Å²) in [4.78, 5) is 11.3. The van der Waals surface area contributed by atoms with Crippen LogP contribution in [0.1, 0.15) is 6.92 Å². The number of ether oxygens (including phenoxy) is 2. The topological polar surface area (TPSA) is 74.2 Å². The molecule has 0 aromatic rings. The minimum atomic E-state index is -1.89. The first-order chi connectivity index (χ1) is 10.1. The molecule has 1 unspecified atom stereocenters. The monoisotopic (exact) mass is 380 g/mol. The molecule has 0 aliphatic heterocycles. The molecule has 1 atom stereocenters. The highest BCUT2D eigenvalue weighted by Gasteiger charge is 2.37. The minimum Gasteiger partial charge on any atom is -0.460 e. The van der Waals surface area contributed by atoms with Gasteiger partial charge in [0, 0.05) is 5.57 Å². The second-order valence-corrected chi connectivity index (χ2v) is 17.7. The van der Waals surface area contributed by atoms with Gasteiger partial charge in [-0.25, -0.2) is 4.79 Å². The van der Waals surface area contributed by atoms with Gasteiger partial charge in [0.25, 0.3) is 0 Å². The quantitative estimate of drug-likeness (QED) is 0.265. The van der Waals surface area contributed by atoms with Crippen molar-refractivity contribution in [2.24, 2.45) is 0 Å². The second-order valence-electron chi connectivity index (χ2n) is 7.63. The molecule has 1 N–H and O–H groups in total. The molecule has 0 saturated heterocycles. The smallest absolute Gasteiger partial charge is 0.333 e. The Labute approximate surface area is 144 Å². The van der Waals surface area contributed by atoms with E-state index in [0.717, 1.165) is 0 Å². The Kier molecular flexibility index (Phi) is 8.58. The Balaban J connectivity index is 4.66.